The largest absolute Gasteiger partial charge is 0.493 e. The molecule has 0 atom stereocenters. The van der Waals surface area contributed by atoms with Crippen LogP contribution in [-0.2, 0) is 11.4 Å². The summed E-state index contributed by atoms with van der Waals surface area (Å²) in [5, 5.41) is 14.3. The zero-order valence-corrected chi connectivity index (χ0v) is 24.0. The van der Waals surface area contributed by atoms with E-state index in [1.54, 1.807) is 30.3 Å². The summed E-state index contributed by atoms with van der Waals surface area (Å²) in [6, 6.07) is 13.6. The average Bonchev–Trinajstić information content (AvgIpc) is 3.20. The summed E-state index contributed by atoms with van der Waals surface area (Å²) in [5.41, 5.74) is 4.25. The third-order valence-corrected chi connectivity index (χ3v) is 8.24. The van der Waals surface area contributed by atoms with Gasteiger partial charge in [-0.15, -0.1) is 0 Å². The topological polar surface area (TPSA) is 103 Å². The first kappa shape index (κ1) is 26.9. The van der Waals surface area contributed by atoms with Crippen molar-refractivity contribution in [1.82, 2.24) is 5.32 Å². The number of amidine groups is 1. The highest BCUT2D eigenvalue weighted by Gasteiger charge is 2.24. The van der Waals surface area contributed by atoms with Crippen molar-refractivity contribution in [3.05, 3.63) is 94.7 Å². The Hall–Kier alpha value is -3.15. The maximum atomic E-state index is 12.6. The number of nitro benzene ring substituents is 1. The van der Waals surface area contributed by atoms with Gasteiger partial charge in [-0.1, -0.05) is 44.0 Å². The van der Waals surface area contributed by atoms with Crippen LogP contribution in [0.4, 0.5) is 11.4 Å². The number of thioether (sulfide) groups is 1. The van der Waals surface area contributed by atoms with E-state index in [0.717, 1.165) is 21.3 Å². The molecule has 1 aliphatic rings. The number of rotatable bonds is 7. The Labute approximate surface area is 234 Å². The van der Waals surface area contributed by atoms with Gasteiger partial charge in [0.2, 0.25) is 0 Å². The molecule has 0 spiro atoms. The van der Waals surface area contributed by atoms with E-state index in [-0.39, 0.29) is 18.2 Å². The molecule has 1 amide bonds. The molecule has 0 aromatic heterocycles. The fourth-order valence-corrected chi connectivity index (χ4v) is 5.08. The van der Waals surface area contributed by atoms with Crippen LogP contribution in [0.5, 0.6) is 11.5 Å². The smallest absolute Gasteiger partial charge is 0.269 e. The monoisotopic (exact) mass is 645 g/mol. The summed E-state index contributed by atoms with van der Waals surface area (Å²) < 4.78 is 13.1. The van der Waals surface area contributed by atoms with Crippen molar-refractivity contribution in [3.63, 3.8) is 0 Å². The first-order valence-corrected chi connectivity index (χ1v) is 13.3. The number of benzene rings is 3. The van der Waals surface area contributed by atoms with Gasteiger partial charge in [0.15, 0.2) is 16.7 Å². The molecule has 4 rings (SSSR count). The molecule has 0 saturated carbocycles. The number of carbonyl (C=O) groups excluding carboxylic acids is 1. The van der Waals surface area contributed by atoms with Crippen molar-refractivity contribution < 1.29 is 19.2 Å². The first-order chi connectivity index (χ1) is 17.6. The van der Waals surface area contributed by atoms with E-state index in [2.05, 4.69) is 42.2 Å². The maximum absolute atomic E-state index is 12.6. The van der Waals surface area contributed by atoms with Crippen LogP contribution < -0.4 is 14.8 Å². The Morgan fingerprint density at radius 3 is 2.51 bits per heavy atom. The fraction of sp³-hybridized carbons (Fsp3) is 0.154. The number of amides is 1. The molecule has 0 bridgehead atoms. The second-order valence-corrected chi connectivity index (χ2v) is 10.8. The van der Waals surface area contributed by atoms with E-state index in [1.807, 2.05) is 26.0 Å². The minimum Gasteiger partial charge on any atom is -0.493 e. The molecule has 1 heterocycles. The predicted octanol–water partition coefficient (Wildman–Crippen LogP) is 7.22. The van der Waals surface area contributed by atoms with Crippen LogP contribution in [0.15, 0.2) is 67.4 Å². The Morgan fingerprint density at radius 1 is 1.11 bits per heavy atom. The third-order valence-electron chi connectivity index (χ3n) is 5.39. The second-order valence-electron chi connectivity index (χ2n) is 8.12. The minimum absolute atomic E-state index is 0.00290. The molecule has 0 radical (unpaired) electrons. The Morgan fingerprint density at radius 2 is 1.84 bits per heavy atom. The van der Waals surface area contributed by atoms with E-state index in [0.29, 0.717) is 37.2 Å². The molecule has 3 aromatic carbocycles. The zero-order valence-electron chi connectivity index (χ0n) is 20.0. The van der Waals surface area contributed by atoms with E-state index in [4.69, 9.17) is 9.47 Å². The number of halogens is 2. The number of ether oxygens (including phenoxy) is 2. The van der Waals surface area contributed by atoms with Crippen LogP contribution in [0.3, 0.4) is 0 Å². The Balaban J connectivity index is 1.54. The number of aliphatic imine (C=N–C) groups is 1. The number of aryl methyl sites for hydroxylation is 2. The van der Waals surface area contributed by atoms with Gasteiger partial charge in [0, 0.05) is 21.1 Å². The van der Waals surface area contributed by atoms with Crippen molar-refractivity contribution in [2.75, 3.05) is 7.11 Å². The number of nitro groups is 1. The van der Waals surface area contributed by atoms with Crippen LogP contribution >= 0.6 is 43.6 Å². The Kier molecular flexibility index (Phi) is 8.35. The highest BCUT2D eigenvalue weighted by atomic mass is 79.9. The van der Waals surface area contributed by atoms with Crippen molar-refractivity contribution in [2.24, 2.45) is 4.99 Å². The number of non-ortho nitro benzene ring substituents is 1. The summed E-state index contributed by atoms with van der Waals surface area (Å²) in [6.07, 6.45) is 1.75. The van der Waals surface area contributed by atoms with E-state index >= 15 is 0 Å². The lowest BCUT2D eigenvalue weighted by Gasteiger charge is -2.13. The third kappa shape index (κ3) is 6.41. The standard InChI is InChI=1S/C26H21Br2N3O5S/c1-14-7-18(8-15(2)24(14)28)29-26-30-25(32)23(37-26)11-17-10-21(35-3)22(12-20(17)27)36-13-16-5-4-6-19(9-16)31(33)34/h4-12H,13H2,1-3H3,(H,29,30,32)/b23-11-. The van der Waals surface area contributed by atoms with E-state index in [1.165, 1.54) is 31.0 Å². The Bertz CT molecular complexity index is 1450. The minimum atomic E-state index is -0.447. The summed E-state index contributed by atoms with van der Waals surface area (Å²) in [7, 11) is 1.52. The van der Waals surface area contributed by atoms with Gasteiger partial charge < -0.3 is 14.8 Å². The second kappa shape index (κ2) is 11.5. The number of hydrogen-bond donors (Lipinski definition) is 1. The van der Waals surface area contributed by atoms with Crippen LogP contribution in [0.2, 0.25) is 0 Å². The molecule has 37 heavy (non-hydrogen) atoms. The molecule has 1 saturated heterocycles. The van der Waals surface area contributed by atoms with Crippen molar-refractivity contribution >= 4 is 72.1 Å². The van der Waals surface area contributed by atoms with Crippen LogP contribution in [0, 0.1) is 24.0 Å². The SMILES string of the molecule is COc1cc(/C=C2\SC(=Nc3cc(C)c(Br)c(C)c3)NC2=O)c(Br)cc1OCc1cccc([N+](=O)[O-])c1. The molecule has 11 heteroatoms. The molecule has 0 unspecified atom stereocenters. The number of nitrogens with one attached hydrogen (secondary N) is 1. The van der Waals surface area contributed by atoms with Gasteiger partial charge in [-0.2, -0.15) is 0 Å². The predicted molar refractivity (Wildman–Crippen MR) is 153 cm³/mol. The summed E-state index contributed by atoms with van der Waals surface area (Å²) >= 11 is 8.35. The molecule has 3 aromatic rings. The van der Waals surface area contributed by atoms with Crippen molar-refractivity contribution in [2.45, 2.75) is 20.5 Å². The number of nitrogens with zero attached hydrogens (tertiary/aromatic N) is 2. The molecule has 1 aliphatic heterocycles. The highest BCUT2D eigenvalue weighted by molar-refractivity contribution is 9.10. The molecule has 1 N–H and O–H groups in total. The number of methoxy groups -OCH3 is 1. The summed E-state index contributed by atoms with van der Waals surface area (Å²) in [5.74, 6) is 0.666. The first-order valence-electron chi connectivity index (χ1n) is 10.9. The van der Waals surface area contributed by atoms with E-state index < -0.39 is 4.92 Å². The molecular weight excluding hydrogens is 626 g/mol. The van der Waals surface area contributed by atoms with Crippen molar-refractivity contribution in [1.29, 1.82) is 0 Å². The molecule has 8 nitrogen and oxygen atoms in total. The normalized spacial score (nSPS) is 15.2. The quantitative estimate of drug-likeness (QED) is 0.165. The average molecular weight is 647 g/mol. The van der Waals surface area contributed by atoms with Gasteiger partial charge in [-0.05, 0) is 78.2 Å². The number of hydrogen-bond acceptors (Lipinski definition) is 7. The zero-order chi connectivity index (χ0) is 26.7. The van der Waals surface area contributed by atoms with Gasteiger partial charge in [0.25, 0.3) is 11.6 Å². The molecular formula is C26H21Br2N3O5S. The van der Waals surface area contributed by atoms with Crippen LogP contribution in [-0.4, -0.2) is 23.1 Å². The van der Waals surface area contributed by atoms with Crippen LogP contribution in [0.1, 0.15) is 22.3 Å². The van der Waals surface area contributed by atoms with Crippen LogP contribution in [0.25, 0.3) is 6.08 Å². The summed E-state index contributed by atoms with van der Waals surface area (Å²) in [6.45, 7) is 4.11. The molecule has 190 valence electrons. The number of carbonyl (C=O) groups is 1. The highest BCUT2D eigenvalue weighted by Crippen LogP contribution is 2.37. The maximum Gasteiger partial charge on any atom is 0.269 e. The molecule has 0 aliphatic carbocycles. The fourth-order valence-electron chi connectivity index (χ4n) is 3.58. The lowest BCUT2D eigenvalue weighted by Crippen LogP contribution is -2.19. The lowest BCUT2D eigenvalue weighted by atomic mass is 10.1. The van der Waals surface area contributed by atoms with E-state index in [9.17, 15) is 14.9 Å². The van der Waals surface area contributed by atoms with Gasteiger partial charge in [-0.3, -0.25) is 14.9 Å². The van der Waals surface area contributed by atoms with Crippen molar-refractivity contribution in [3.8, 4) is 11.5 Å². The molecule has 1 fully saturated rings. The van der Waals surface area contributed by atoms with Gasteiger partial charge >= 0.3 is 0 Å². The van der Waals surface area contributed by atoms with Gasteiger partial charge in [0.1, 0.15) is 6.61 Å². The lowest BCUT2D eigenvalue weighted by molar-refractivity contribution is -0.384. The van der Waals surface area contributed by atoms with Gasteiger partial charge in [-0.25, -0.2) is 4.99 Å². The summed E-state index contributed by atoms with van der Waals surface area (Å²) in [4.78, 5) is 28.3. The van der Waals surface area contributed by atoms with Gasteiger partial charge in [0.05, 0.1) is 22.6 Å².